The molecule has 1 saturated heterocycles. The molecular formula is C27H32F3N5O5. The molecule has 1 aliphatic rings. The number of alkyl halides is 3. The lowest BCUT2D eigenvalue weighted by atomic mass is 10.0. The highest BCUT2D eigenvalue weighted by atomic mass is 19.4. The number of piperidine rings is 1. The summed E-state index contributed by atoms with van der Waals surface area (Å²) in [6.07, 6.45) is -3.56. The van der Waals surface area contributed by atoms with Crippen LogP contribution in [-0.2, 0) is 24.8 Å². The van der Waals surface area contributed by atoms with Crippen LogP contribution in [0.25, 0.3) is 11.0 Å². The number of aliphatic hydroxyl groups excluding tert-OH is 1. The number of aryl methyl sites for hydroxylation is 3. The Balaban J connectivity index is 1.76. The number of carbonyl (C=O) groups is 2. The monoisotopic (exact) mass is 563 g/mol. The van der Waals surface area contributed by atoms with Crippen LogP contribution in [0.5, 0.6) is 5.75 Å². The number of aliphatic hydroxyl groups is 1. The molecule has 1 aliphatic heterocycles. The standard InChI is InChI=1S/C27H32F3N5O5/c1-4-19-32-24-21(26(39)35(19)13-17-7-5-6-16(2)12-17)23(40-15-27(28,29)30)22(33(24)3)25(38)31-18-8-10-34(11-9-18)20(37)14-36/h5-7,12,18,36H,4,8-11,13-15H2,1-3H3,(H,31,38). The SMILES string of the molecule is CCc1nc2c(c(OCC(F)(F)F)c(C(=O)NC3CCN(C(=O)CO)CC3)n2C)c(=O)n1Cc1cccc(C)c1. The van der Waals surface area contributed by atoms with Crippen LogP contribution >= 0.6 is 0 Å². The van der Waals surface area contributed by atoms with Crippen LogP contribution in [0, 0.1) is 6.92 Å². The second kappa shape index (κ2) is 11.7. The maximum Gasteiger partial charge on any atom is 0.422 e. The third-order valence-corrected chi connectivity index (χ3v) is 6.98. The second-order valence-electron chi connectivity index (χ2n) is 9.89. The average molecular weight is 564 g/mol. The molecule has 3 heterocycles. The molecule has 0 saturated carbocycles. The zero-order valence-electron chi connectivity index (χ0n) is 22.5. The summed E-state index contributed by atoms with van der Waals surface area (Å²) in [6, 6.07) is 7.13. The van der Waals surface area contributed by atoms with Crippen molar-refractivity contribution < 1.29 is 32.6 Å². The van der Waals surface area contributed by atoms with E-state index in [1.54, 1.807) is 0 Å². The molecule has 0 unspecified atom stereocenters. The van der Waals surface area contributed by atoms with Crippen molar-refractivity contribution >= 4 is 22.8 Å². The fraction of sp³-hybridized carbons (Fsp3) is 0.481. The van der Waals surface area contributed by atoms with Gasteiger partial charge in [-0.25, -0.2) is 4.98 Å². The topological polar surface area (TPSA) is 119 Å². The largest absolute Gasteiger partial charge is 0.481 e. The molecule has 3 aromatic rings. The van der Waals surface area contributed by atoms with E-state index in [0.717, 1.165) is 11.1 Å². The Morgan fingerprint density at radius 1 is 1.23 bits per heavy atom. The Morgan fingerprint density at radius 3 is 2.52 bits per heavy atom. The average Bonchev–Trinajstić information content (AvgIpc) is 3.20. The summed E-state index contributed by atoms with van der Waals surface area (Å²) in [5.74, 6) is -1.19. The van der Waals surface area contributed by atoms with E-state index in [4.69, 9.17) is 9.84 Å². The number of fused-ring (bicyclic) bond motifs is 1. The first-order valence-electron chi connectivity index (χ1n) is 13.0. The van der Waals surface area contributed by atoms with Crippen LogP contribution < -0.4 is 15.6 Å². The predicted octanol–water partition coefficient (Wildman–Crippen LogP) is 2.31. The van der Waals surface area contributed by atoms with Crippen LogP contribution in [0.3, 0.4) is 0 Å². The lowest BCUT2D eigenvalue weighted by Crippen LogP contribution is -2.47. The minimum Gasteiger partial charge on any atom is -0.481 e. The lowest BCUT2D eigenvalue weighted by molar-refractivity contribution is -0.153. The third kappa shape index (κ3) is 6.14. The number of aromatic nitrogens is 3. The van der Waals surface area contributed by atoms with Crippen LogP contribution in [0.15, 0.2) is 29.1 Å². The van der Waals surface area contributed by atoms with Gasteiger partial charge in [-0.2, -0.15) is 13.2 Å². The van der Waals surface area contributed by atoms with E-state index in [9.17, 15) is 27.6 Å². The number of nitrogens with zero attached hydrogens (tertiary/aromatic N) is 4. The summed E-state index contributed by atoms with van der Waals surface area (Å²) >= 11 is 0. The predicted molar refractivity (Wildman–Crippen MR) is 140 cm³/mol. The Labute approximate surface area is 228 Å². The summed E-state index contributed by atoms with van der Waals surface area (Å²) in [4.78, 5) is 45.1. The van der Waals surface area contributed by atoms with Crippen LogP contribution in [0.2, 0.25) is 0 Å². The number of amides is 2. The first kappa shape index (κ1) is 29.1. The zero-order valence-corrected chi connectivity index (χ0v) is 22.5. The van der Waals surface area contributed by atoms with Crippen molar-refractivity contribution in [1.29, 1.82) is 0 Å². The van der Waals surface area contributed by atoms with Gasteiger partial charge in [-0.3, -0.25) is 19.0 Å². The van der Waals surface area contributed by atoms with E-state index in [0.29, 0.717) is 38.2 Å². The first-order valence-corrected chi connectivity index (χ1v) is 13.0. The molecule has 2 aromatic heterocycles. The smallest absolute Gasteiger partial charge is 0.422 e. The van der Waals surface area contributed by atoms with Gasteiger partial charge in [0.05, 0.1) is 6.54 Å². The molecule has 10 nitrogen and oxygen atoms in total. The Morgan fingerprint density at radius 2 is 1.93 bits per heavy atom. The first-order chi connectivity index (χ1) is 18.9. The summed E-state index contributed by atoms with van der Waals surface area (Å²) < 4.78 is 47.5. The molecule has 0 atom stereocenters. The molecule has 40 heavy (non-hydrogen) atoms. The highest BCUT2D eigenvalue weighted by Gasteiger charge is 2.34. The van der Waals surface area contributed by atoms with E-state index < -0.39 is 42.5 Å². The highest BCUT2D eigenvalue weighted by molar-refractivity contribution is 6.03. The van der Waals surface area contributed by atoms with E-state index in [-0.39, 0.29) is 29.3 Å². The number of halogens is 3. The minimum absolute atomic E-state index is 0.0491. The van der Waals surface area contributed by atoms with Gasteiger partial charge < -0.3 is 24.6 Å². The molecule has 2 amide bonds. The van der Waals surface area contributed by atoms with Crippen molar-refractivity contribution in [3.63, 3.8) is 0 Å². The van der Waals surface area contributed by atoms with Crippen molar-refractivity contribution in [3.8, 4) is 5.75 Å². The van der Waals surface area contributed by atoms with Crippen molar-refractivity contribution in [1.82, 2.24) is 24.3 Å². The van der Waals surface area contributed by atoms with Crippen molar-refractivity contribution in [2.45, 2.75) is 51.9 Å². The lowest BCUT2D eigenvalue weighted by Gasteiger charge is -2.32. The van der Waals surface area contributed by atoms with Crippen molar-refractivity contribution in [2.75, 3.05) is 26.3 Å². The molecule has 216 valence electrons. The maximum atomic E-state index is 13.8. The summed E-state index contributed by atoms with van der Waals surface area (Å²) in [5, 5.41) is 11.7. The van der Waals surface area contributed by atoms with Crippen LogP contribution in [-0.4, -0.2) is 74.5 Å². The van der Waals surface area contributed by atoms with E-state index >= 15 is 0 Å². The normalized spacial score (nSPS) is 14.5. The number of carbonyl (C=O) groups excluding carboxylic acids is 2. The van der Waals surface area contributed by atoms with Crippen LogP contribution in [0.1, 0.15) is 47.2 Å². The van der Waals surface area contributed by atoms with Gasteiger partial charge >= 0.3 is 6.18 Å². The van der Waals surface area contributed by atoms with Gasteiger partial charge in [0.2, 0.25) is 5.91 Å². The van der Waals surface area contributed by atoms with Crippen LogP contribution in [0.4, 0.5) is 13.2 Å². The van der Waals surface area contributed by atoms with E-state index in [1.165, 1.54) is 21.1 Å². The molecular weight excluding hydrogens is 531 g/mol. The van der Waals surface area contributed by atoms with Gasteiger partial charge in [0, 0.05) is 32.6 Å². The van der Waals surface area contributed by atoms with Crippen molar-refractivity contribution in [2.24, 2.45) is 7.05 Å². The highest BCUT2D eigenvalue weighted by Crippen LogP contribution is 2.32. The summed E-state index contributed by atoms with van der Waals surface area (Å²) in [7, 11) is 1.46. The molecule has 13 heteroatoms. The quantitative estimate of drug-likeness (QED) is 0.434. The Hall–Kier alpha value is -3.87. The maximum absolute atomic E-state index is 13.8. The number of nitrogens with one attached hydrogen (secondary N) is 1. The van der Waals surface area contributed by atoms with E-state index in [1.807, 2.05) is 38.1 Å². The number of rotatable bonds is 8. The number of hydrogen-bond donors (Lipinski definition) is 2. The molecule has 0 spiro atoms. The summed E-state index contributed by atoms with van der Waals surface area (Å²) in [5.41, 5.74) is 1.000. The fourth-order valence-electron chi connectivity index (χ4n) is 5.01. The van der Waals surface area contributed by atoms with Crippen molar-refractivity contribution in [3.05, 3.63) is 57.3 Å². The molecule has 1 aromatic carbocycles. The molecule has 0 bridgehead atoms. The van der Waals surface area contributed by atoms with Gasteiger partial charge in [-0.15, -0.1) is 0 Å². The Bertz CT molecular complexity index is 1470. The molecule has 0 aliphatic carbocycles. The fourth-order valence-corrected chi connectivity index (χ4v) is 5.01. The summed E-state index contributed by atoms with van der Waals surface area (Å²) in [6.45, 7) is 2.18. The van der Waals surface area contributed by atoms with Gasteiger partial charge in [0.25, 0.3) is 11.5 Å². The van der Waals surface area contributed by atoms with Gasteiger partial charge in [0.15, 0.2) is 23.7 Å². The second-order valence-corrected chi connectivity index (χ2v) is 9.89. The molecule has 0 radical (unpaired) electrons. The molecule has 1 fully saturated rings. The van der Waals surface area contributed by atoms with Gasteiger partial charge in [-0.05, 0) is 25.3 Å². The van der Waals surface area contributed by atoms with Gasteiger partial charge in [-0.1, -0.05) is 36.8 Å². The molecule has 4 rings (SSSR count). The number of hydrogen-bond acceptors (Lipinski definition) is 6. The third-order valence-electron chi connectivity index (χ3n) is 6.98. The number of likely N-dealkylation sites (tertiary alicyclic amines) is 1. The zero-order chi connectivity index (χ0) is 29.2. The van der Waals surface area contributed by atoms with E-state index in [2.05, 4.69) is 10.3 Å². The number of benzene rings is 1. The minimum atomic E-state index is -4.71. The Kier molecular flexibility index (Phi) is 8.52. The molecule has 2 N–H and O–H groups in total. The number of ether oxygens (including phenoxy) is 1. The van der Waals surface area contributed by atoms with Gasteiger partial charge in [0.1, 0.15) is 17.8 Å².